The first-order chi connectivity index (χ1) is 32.3. The number of ether oxygens (including phenoxy) is 7. The van der Waals surface area contributed by atoms with E-state index in [1.165, 1.54) is 11.1 Å². The quantitative estimate of drug-likeness (QED) is 0.0326. The molecule has 16 N–H and O–H groups in total. The van der Waals surface area contributed by atoms with Crippen molar-refractivity contribution < 1.29 is 101 Å². The summed E-state index contributed by atoms with van der Waals surface area (Å²) in [4.78, 5) is 72.4. The maximum Gasteiger partial charge on any atom is 0.474 e. The molecule has 3 fully saturated rings. The van der Waals surface area contributed by atoms with Gasteiger partial charge >= 0.3 is 19.9 Å². The third kappa shape index (κ3) is 18.0. The Morgan fingerprint density at radius 2 is 1.26 bits per heavy atom. The number of carbonyl (C=O) groups is 5. The van der Waals surface area contributed by atoms with Crippen LogP contribution in [0.25, 0.3) is 0 Å². The first kappa shape index (κ1) is 59.3. The first-order valence-electron chi connectivity index (χ1n) is 21.9. The second kappa shape index (κ2) is 27.6. The highest BCUT2D eigenvalue weighted by molar-refractivity contribution is 7.47. The number of allylic oxidation sites excluding steroid dienone is 5. The summed E-state index contributed by atoms with van der Waals surface area (Å²) in [7, 11) is -5.57. The molecule has 4 amide bonds. The van der Waals surface area contributed by atoms with Crippen molar-refractivity contribution in [2.75, 3.05) is 26.4 Å². The average molecular weight is 1010 g/mol. The van der Waals surface area contributed by atoms with E-state index >= 15 is 0 Å². The number of carbonyl (C=O) groups excluding carboxylic acids is 4. The van der Waals surface area contributed by atoms with Crippen LogP contribution < -0.4 is 33.6 Å². The van der Waals surface area contributed by atoms with Crippen molar-refractivity contribution >= 4 is 37.6 Å². The van der Waals surface area contributed by atoms with Crippen LogP contribution in [0.5, 0.6) is 0 Å². The van der Waals surface area contributed by atoms with Crippen LogP contribution in [0.4, 0.5) is 4.79 Å². The van der Waals surface area contributed by atoms with Gasteiger partial charge in [-0.15, -0.1) is 0 Å². The van der Waals surface area contributed by atoms with E-state index in [1.54, 1.807) is 6.08 Å². The fourth-order valence-corrected chi connectivity index (χ4v) is 8.30. The lowest BCUT2D eigenvalue weighted by Gasteiger charge is -2.50. The van der Waals surface area contributed by atoms with Crippen molar-refractivity contribution in [3.05, 3.63) is 34.9 Å². The van der Waals surface area contributed by atoms with Crippen molar-refractivity contribution in [1.82, 2.24) is 10.6 Å². The molecule has 27 nitrogen and oxygen atoms in total. The van der Waals surface area contributed by atoms with E-state index in [2.05, 4.69) is 22.8 Å². The van der Waals surface area contributed by atoms with Crippen LogP contribution in [-0.4, -0.2) is 185 Å². The Hall–Kier alpha value is -4.00. The van der Waals surface area contributed by atoms with Crippen LogP contribution in [0.2, 0.25) is 0 Å². The number of hydrogen-bond donors (Lipinski definition) is 12. The third-order valence-corrected chi connectivity index (χ3v) is 12.0. The highest BCUT2D eigenvalue weighted by Gasteiger charge is 2.57. The molecule has 28 heteroatoms. The smallest absolute Gasteiger partial charge is 0.474 e. The Labute approximate surface area is 398 Å². The predicted octanol–water partition coefficient (Wildman–Crippen LogP) is -2.73. The van der Waals surface area contributed by atoms with Crippen molar-refractivity contribution in [2.45, 2.75) is 165 Å². The van der Waals surface area contributed by atoms with E-state index < -0.39 is 155 Å². The summed E-state index contributed by atoms with van der Waals surface area (Å²) in [6.45, 7) is 7.08. The predicted molar refractivity (Wildman–Crippen MR) is 236 cm³/mol. The van der Waals surface area contributed by atoms with Crippen molar-refractivity contribution in [3.8, 4) is 0 Å². The molecule has 0 radical (unpaired) electrons. The molecule has 0 aromatic heterocycles. The van der Waals surface area contributed by atoms with Gasteiger partial charge in [-0.1, -0.05) is 34.9 Å². The fraction of sp³-hybridized carbons (Fsp3) is 0.732. The van der Waals surface area contributed by atoms with Crippen LogP contribution in [-0.2, 0) is 65.9 Å². The van der Waals surface area contributed by atoms with Crippen LogP contribution in [0.1, 0.15) is 67.2 Å². The molecule has 394 valence electrons. The van der Waals surface area contributed by atoms with Gasteiger partial charge in [0.25, 0.3) is 0 Å². The summed E-state index contributed by atoms with van der Waals surface area (Å²) >= 11 is 0. The minimum atomic E-state index is -5.57. The summed E-state index contributed by atoms with van der Waals surface area (Å²) in [5, 5.41) is 56.9. The summed E-state index contributed by atoms with van der Waals surface area (Å²) in [5.41, 5.74) is 26.8. The van der Waals surface area contributed by atoms with Crippen molar-refractivity contribution in [3.63, 3.8) is 0 Å². The molecule has 3 aliphatic heterocycles. The summed E-state index contributed by atoms with van der Waals surface area (Å²) in [6, 6.07) is -5.68. The van der Waals surface area contributed by atoms with Crippen molar-refractivity contribution in [2.24, 2.45) is 22.9 Å². The minimum absolute atomic E-state index is 0.235. The molecule has 69 heavy (non-hydrogen) atoms. The first-order valence-corrected chi connectivity index (χ1v) is 23.4. The van der Waals surface area contributed by atoms with Crippen LogP contribution in [0.15, 0.2) is 34.9 Å². The van der Waals surface area contributed by atoms with Gasteiger partial charge in [0.05, 0.1) is 56.7 Å². The van der Waals surface area contributed by atoms with Gasteiger partial charge in [-0.2, -0.15) is 0 Å². The molecule has 0 spiro atoms. The summed E-state index contributed by atoms with van der Waals surface area (Å²) in [5.74, 6) is -4.42. The Bertz CT molecular complexity index is 1890. The fourth-order valence-electron chi connectivity index (χ4n) is 7.48. The number of phosphoric ester groups is 1. The standard InChI is InChI=1S/C41H69N6O21P/c1-18(2)9-7-10-19(3)11-8-12-20(4)13-14-60-25(37(55)56)17-61-69(58,59)68-40-35(33(67-41(45)57)31(53)34(65-40)36(44)54)66-39-29(47-22(6)51)27(43)32(24(16-49)63-39)64-38-28(46-21(5)50)26(42)30(52)23(15-48)62-38/h9,11,13,23-35,38-40,48-49,52-53H,7-8,10,12,14-17,42-43H2,1-6H3,(H2,44,54)(H2,45,57)(H,46,50)(H,47,51)(H,55,56)(H,58,59)/b19-11+,20-13-/t23?,24?,25-,26?,27?,28+,29+,30-,31?,32-,33+,34?,35?,38+,39+,40+/m1/s1. The summed E-state index contributed by atoms with van der Waals surface area (Å²) < 4.78 is 63.4. The zero-order valence-electron chi connectivity index (χ0n) is 39.2. The number of aliphatic carboxylic acids is 1. The number of amides is 4. The van der Waals surface area contributed by atoms with Gasteiger partial charge < -0.3 is 97.2 Å². The molecule has 3 heterocycles. The normalized spacial score (nSPS) is 33.3. The Morgan fingerprint density at radius 1 is 0.725 bits per heavy atom. The number of carboxylic acid groups (broad SMARTS) is 1. The van der Waals surface area contributed by atoms with Crippen LogP contribution in [0, 0.1) is 0 Å². The number of hydrogen-bond acceptors (Lipinski definition) is 21. The number of nitrogens with one attached hydrogen (secondary N) is 2. The lowest BCUT2D eigenvalue weighted by Crippen LogP contribution is -2.73. The van der Waals surface area contributed by atoms with Crippen LogP contribution >= 0.6 is 7.82 Å². The SMILES string of the molecule is CC(=O)N[C@H]1C(N)[C@H](O)C(CO)O[C@H]1O[C@@H]1C(CO)O[C@@H](OC2[C@H](OP(=O)(O)OC[C@@H](OC/C=C(/C)CC/C=C(\C)CCC=C(C)C)C(=O)O)OC(C(N)=O)C(O)[C@@H]2OC(N)=O)[C@@H](NC(C)=O)C1N. The minimum Gasteiger partial charge on any atom is -0.479 e. The highest BCUT2D eigenvalue weighted by Crippen LogP contribution is 2.47. The average Bonchev–Trinajstić information content (AvgIpc) is 3.24. The van der Waals surface area contributed by atoms with E-state index in [9.17, 15) is 59.0 Å². The maximum absolute atomic E-state index is 13.5. The van der Waals surface area contributed by atoms with Crippen molar-refractivity contribution in [1.29, 1.82) is 0 Å². The second-order valence-corrected chi connectivity index (χ2v) is 18.4. The van der Waals surface area contributed by atoms with E-state index in [0.29, 0.717) is 6.42 Å². The second-order valence-electron chi connectivity index (χ2n) is 17.0. The number of phosphoric acid groups is 1. The molecular formula is C41H69N6O21P. The lowest BCUT2D eigenvalue weighted by atomic mass is 9.92. The molecule has 3 saturated heterocycles. The van der Waals surface area contributed by atoms with Gasteiger partial charge in [-0.3, -0.25) is 23.4 Å². The number of aliphatic hydroxyl groups is 4. The Kier molecular flexibility index (Phi) is 23.7. The van der Waals surface area contributed by atoms with E-state index in [4.69, 9.17) is 65.1 Å². The number of carboxylic acids is 1. The van der Waals surface area contributed by atoms with Gasteiger partial charge in [-0.05, 0) is 53.4 Å². The number of primary amides is 2. The van der Waals surface area contributed by atoms with Gasteiger partial charge in [0.1, 0.15) is 24.4 Å². The van der Waals surface area contributed by atoms with Crippen LogP contribution in [0.3, 0.4) is 0 Å². The van der Waals surface area contributed by atoms with Gasteiger partial charge in [0.15, 0.2) is 43.3 Å². The molecule has 0 bridgehead atoms. The third-order valence-electron chi connectivity index (χ3n) is 11.0. The zero-order valence-corrected chi connectivity index (χ0v) is 40.1. The monoisotopic (exact) mass is 1010 g/mol. The van der Waals surface area contributed by atoms with Gasteiger partial charge in [0.2, 0.25) is 17.7 Å². The van der Waals surface area contributed by atoms with Gasteiger partial charge in [0, 0.05) is 13.8 Å². The molecule has 3 rings (SSSR count). The Balaban J connectivity index is 1.89. The Morgan fingerprint density at radius 3 is 1.78 bits per heavy atom. The largest absolute Gasteiger partial charge is 0.479 e. The number of rotatable bonds is 25. The molecule has 8 unspecified atom stereocenters. The lowest BCUT2D eigenvalue weighted by molar-refractivity contribution is -0.344. The topological polar surface area (TPSA) is 435 Å². The number of aliphatic hydroxyl groups excluding tert-OH is 4. The molecule has 0 aliphatic carbocycles. The van der Waals surface area contributed by atoms with Gasteiger partial charge in [-0.25, -0.2) is 14.2 Å². The molecule has 0 aromatic carbocycles. The van der Waals surface area contributed by atoms with E-state index in [0.717, 1.165) is 38.7 Å². The molecular weight excluding hydrogens is 943 g/mol. The molecule has 3 aliphatic rings. The zero-order chi connectivity index (χ0) is 51.9. The number of nitrogens with two attached hydrogens (primary N) is 4. The summed E-state index contributed by atoms with van der Waals surface area (Å²) in [6.07, 6.45) is -15.0. The molecule has 0 saturated carbocycles. The molecule has 0 aromatic rings. The molecule has 17 atom stereocenters. The maximum atomic E-state index is 13.5. The van der Waals surface area contributed by atoms with E-state index in [-0.39, 0.29) is 6.61 Å². The van der Waals surface area contributed by atoms with E-state index in [1.807, 2.05) is 27.7 Å². The highest BCUT2D eigenvalue weighted by atomic mass is 31.2.